The summed E-state index contributed by atoms with van der Waals surface area (Å²) in [6.45, 7) is 1.77. The average Bonchev–Trinajstić information content (AvgIpc) is 2.45. The molecule has 7 heteroatoms. The Labute approximate surface area is 121 Å². The lowest BCUT2D eigenvalue weighted by atomic mass is 9.99. The molecule has 1 atom stereocenters. The maximum Gasteiger partial charge on any atom is 0.267 e. The van der Waals surface area contributed by atoms with Crippen molar-refractivity contribution in [2.45, 2.75) is 19.4 Å². The van der Waals surface area contributed by atoms with Gasteiger partial charge in [-0.2, -0.15) is 10.0 Å². The van der Waals surface area contributed by atoms with E-state index in [1.165, 1.54) is 0 Å². The van der Waals surface area contributed by atoms with Gasteiger partial charge in [0.2, 0.25) is 5.88 Å². The van der Waals surface area contributed by atoms with E-state index >= 15 is 0 Å². The van der Waals surface area contributed by atoms with Crippen LogP contribution in [0.15, 0.2) is 30.5 Å². The largest absolute Gasteiger partial charge is 0.439 e. The van der Waals surface area contributed by atoms with Crippen LogP contribution in [0.3, 0.4) is 0 Å². The molecule has 2 heterocycles. The van der Waals surface area contributed by atoms with Crippen LogP contribution in [0.25, 0.3) is 0 Å². The maximum atomic E-state index is 11.6. The second kappa shape index (κ2) is 5.12. The SMILES string of the molecule is Cc1nccc(Oc2ccc3c(c2)CC(N)C(=O)N3O)n1. The van der Waals surface area contributed by atoms with E-state index in [0.717, 1.165) is 5.56 Å². The monoisotopic (exact) mass is 286 g/mol. The third-order valence-corrected chi connectivity index (χ3v) is 3.22. The molecule has 7 nitrogen and oxygen atoms in total. The van der Waals surface area contributed by atoms with E-state index in [1.54, 1.807) is 37.4 Å². The summed E-state index contributed by atoms with van der Waals surface area (Å²) in [7, 11) is 0. The van der Waals surface area contributed by atoms with Crippen molar-refractivity contribution in [3.05, 3.63) is 41.9 Å². The van der Waals surface area contributed by atoms with Gasteiger partial charge < -0.3 is 10.5 Å². The number of hydrogen-bond acceptors (Lipinski definition) is 6. The van der Waals surface area contributed by atoms with Gasteiger partial charge in [0.1, 0.15) is 11.6 Å². The molecule has 1 unspecified atom stereocenters. The number of carbonyl (C=O) groups excluding carboxylic acids is 1. The smallest absolute Gasteiger partial charge is 0.267 e. The van der Waals surface area contributed by atoms with Crippen LogP contribution in [0.5, 0.6) is 11.6 Å². The number of fused-ring (bicyclic) bond motifs is 1. The summed E-state index contributed by atoms with van der Waals surface area (Å²) in [5.41, 5.74) is 6.86. The average molecular weight is 286 g/mol. The summed E-state index contributed by atoms with van der Waals surface area (Å²) >= 11 is 0. The van der Waals surface area contributed by atoms with E-state index < -0.39 is 11.9 Å². The summed E-state index contributed by atoms with van der Waals surface area (Å²) in [5.74, 6) is 1.09. The zero-order valence-electron chi connectivity index (χ0n) is 11.4. The number of ether oxygens (including phenoxy) is 1. The van der Waals surface area contributed by atoms with Gasteiger partial charge in [-0.15, -0.1) is 0 Å². The molecule has 3 N–H and O–H groups in total. The predicted octanol–water partition coefficient (Wildman–Crippen LogP) is 1.18. The lowest BCUT2D eigenvalue weighted by Crippen LogP contribution is -2.47. The lowest BCUT2D eigenvalue weighted by Gasteiger charge is -2.27. The standard InChI is InChI=1S/C14H14N4O3/c1-8-16-5-4-13(17-8)21-10-2-3-12-9(6-10)7-11(15)14(19)18(12)20/h2-6,11,20H,7,15H2,1H3. The second-order valence-corrected chi connectivity index (χ2v) is 4.80. The van der Waals surface area contributed by atoms with Gasteiger partial charge in [0.15, 0.2) is 0 Å². The van der Waals surface area contributed by atoms with Crippen LogP contribution in [-0.4, -0.2) is 27.1 Å². The Balaban J connectivity index is 1.90. The van der Waals surface area contributed by atoms with Crippen molar-refractivity contribution in [2.24, 2.45) is 5.73 Å². The number of hydroxylamine groups is 1. The molecular formula is C14H14N4O3. The van der Waals surface area contributed by atoms with E-state index in [-0.39, 0.29) is 0 Å². The fraction of sp³-hybridized carbons (Fsp3) is 0.214. The van der Waals surface area contributed by atoms with E-state index in [1.807, 2.05) is 0 Å². The van der Waals surface area contributed by atoms with Crippen molar-refractivity contribution < 1.29 is 14.7 Å². The number of aromatic nitrogens is 2. The minimum atomic E-state index is -0.751. The van der Waals surface area contributed by atoms with Gasteiger partial charge in [-0.3, -0.25) is 10.0 Å². The number of carbonyl (C=O) groups is 1. The van der Waals surface area contributed by atoms with Gasteiger partial charge in [-0.1, -0.05) is 0 Å². The molecule has 2 aromatic rings. The first-order valence-corrected chi connectivity index (χ1v) is 6.43. The number of amides is 1. The fourth-order valence-electron chi connectivity index (χ4n) is 2.21. The highest BCUT2D eigenvalue weighted by Gasteiger charge is 2.29. The van der Waals surface area contributed by atoms with E-state index in [9.17, 15) is 10.0 Å². The van der Waals surface area contributed by atoms with Crippen molar-refractivity contribution in [2.75, 3.05) is 5.06 Å². The third kappa shape index (κ3) is 2.56. The predicted molar refractivity (Wildman–Crippen MR) is 74.2 cm³/mol. The minimum Gasteiger partial charge on any atom is -0.439 e. The summed E-state index contributed by atoms with van der Waals surface area (Å²) in [5, 5.41) is 10.3. The number of hydrogen-bond donors (Lipinski definition) is 2. The van der Waals surface area contributed by atoms with Crippen LogP contribution in [0.1, 0.15) is 11.4 Å². The summed E-state index contributed by atoms with van der Waals surface area (Å²) < 4.78 is 5.65. The highest BCUT2D eigenvalue weighted by Crippen LogP contribution is 2.31. The van der Waals surface area contributed by atoms with Crippen molar-refractivity contribution in [1.82, 2.24) is 9.97 Å². The minimum absolute atomic E-state index is 0.352. The number of benzene rings is 1. The first-order chi connectivity index (χ1) is 10.0. The Morgan fingerprint density at radius 3 is 3.00 bits per heavy atom. The fourth-order valence-corrected chi connectivity index (χ4v) is 2.21. The topological polar surface area (TPSA) is 102 Å². The zero-order chi connectivity index (χ0) is 15.0. The van der Waals surface area contributed by atoms with Crippen LogP contribution in [0.2, 0.25) is 0 Å². The molecule has 0 spiro atoms. The molecule has 0 saturated heterocycles. The van der Waals surface area contributed by atoms with Crippen LogP contribution < -0.4 is 15.5 Å². The van der Waals surface area contributed by atoms with E-state index in [2.05, 4.69) is 9.97 Å². The molecule has 108 valence electrons. The first-order valence-electron chi connectivity index (χ1n) is 6.43. The highest BCUT2D eigenvalue weighted by molar-refractivity contribution is 5.98. The maximum absolute atomic E-state index is 11.6. The number of rotatable bonds is 2. The van der Waals surface area contributed by atoms with E-state index in [0.29, 0.717) is 34.6 Å². The molecule has 1 aliphatic heterocycles. The molecule has 0 fully saturated rings. The summed E-state index contributed by atoms with van der Waals surface area (Å²) in [4.78, 5) is 19.7. The molecule has 1 aromatic heterocycles. The second-order valence-electron chi connectivity index (χ2n) is 4.80. The highest BCUT2D eigenvalue weighted by atomic mass is 16.5. The van der Waals surface area contributed by atoms with Crippen LogP contribution >= 0.6 is 0 Å². The Kier molecular flexibility index (Phi) is 3.28. The van der Waals surface area contributed by atoms with Gasteiger partial charge in [0.25, 0.3) is 5.91 Å². The number of nitrogens with two attached hydrogens (primary N) is 1. The van der Waals surface area contributed by atoms with Crippen LogP contribution in [-0.2, 0) is 11.2 Å². The number of aryl methyl sites for hydroxylation is 1. The van der Waals surface area contributed by atoms with Gasteiger partial charge >= 0.3 is 0 Å². The molecule has 1 aromatic carbocycles. The van der Waals surface area contributed by atoms with E-state index in [4.69, 9.17) is 10.5 Å². The van der Waals surface area contributed by atoms with Crippen molar-refractivity contribution in [1.29, 1.82) is 0 Å². The lowest BCUT2D eigenvalue weighted by molar-refractivity contribution is -0.125. The Morgan fingerprint density at radius 2 is 2.24 bits per heavy atom. The summed E-state index contributed by atoms with van der Waals surface area (Å²) in [6, 6.07) is 5.91. The molecule has 0 saturated carbocycles. The Bertz CT molecular complexity index is 704. The molecule has 3 rings (SSSR count). The van der Waals surface area contributed by atoms with Crippen molar-refractivity contribution in [3.63, 3.8) is 0 Å². The molecule has 21 heavy (non-hydrogen) atoms. The first kappa shape index (κ1) is 13.5. The zero-order valence-corrected chi connectivity index (χ0v) is 11.4. The molecule has 1 amide bonds. The van der Waals surface area contributed by atoms with Crippen molar-refractivity contribution >= 4 is 11.6 Å². The normalized spacial score (nSPS) is 17.6. The van der Waals surface area contributed by atoms with Crippen LogP contribution in [0.4, 0.5) is 5.69 Å². The third-order valence-electron chi connectivity index (χ3n) is 3.22. The van der Waals surface area contributed by atoms with Gasteiger partial charge in [-0.05, 0) is 37.1 Å². The molecule has 0 aliphatic carbocycles. The van der Waals surface area contributed by atoms with Crippen LogP contribution in [0, 0.1) is 6.92 Å². The molecule has 0 bridgehead atoms. The number of nitrogens with zero attached hydrogens (tertiary/aromatic N) is 3. The van der Waals surface area contributed by atoms with Gasteiger partial charge in [0.05, 0.1) is 11.7 Å². The molecule has 1 aliphatic rings. The Hall–Kier alpha value is -2.51. The van der Waals surface area contributed by atoms with Crippen molar-refractivity contribution in [3.8, 4) is 11.6 Å². The molecular weight excluding hydrogens is 272 g/mol. The number of anilines is 1. The summed E-state index contributed by atoms with van der Waals surface area (Å²) in [6.07, 6.45) is 1.96. The van der Waals surface area contributed by atoms with Gasteiger partial charge in [-0.25, -0.2) is 4.98 Å². The van der Waals surface area contributed by atoms with Gasteiger partial charge in [0, 0.05) is 12.3 Å². The molecule has 0 radical (unpaired) electrons. The quantitative estimate of drug-likeness (QED) is 0.804. The Morgan fingerprint density at radius 1 is 1.43 bits per heavy atom.